The first-order valence-corrected chi connectivity index (χ1v) is 10.3. The molecule has 1 aromatic carbocycles. The number of sulfonamides is 1. The summed E-state index contributed by atoms with van der Waals surface area (Å²) < 4.78 is 33.8. The van der Waals surface area contributed by atoms with E-state index in [1.54, 1.807) is 26.0 Å². The van der Waals surface area contributed by atoms with E-state index in [9.17, 15) is 13.2 Å². The van der Waals surface area contributed by atoms with Gasteiger partial charge in [0.2, 0.25) is 10.0 Å². The van der Waals surface area contributed by atoms with E-state index in [0.717, 1.165) is 48.8 Å². The highest BCUT2D eigenvalue weighted by Gasteiger charge is 2.29. The average molecular weight is 380 g/mol. The van der Waals surface area contributed by atoms with Crippen molar-refractivity contribution < 1.29 is 22.8 Å². The van der Waals surface area contributed by atoms with Gasteiger partial charge < -0.3 is 4.42 Å². The molecule has 2 aromatic rings. The number of fused-ring (bicyclic) bond motifs is 3. The van der Waals surface area contributed by atoms with E-state index in [-0.39, 0.29) is 10.8 Å². The number of nitrogens with one attached hydrogen (secondary N) is 2. The van der Waals surface area contributed by atoms with Crippen LogP contribution >= 0.6 is 0 Å². The molecule has 1 heterocycles. The summed E-state index contributed by atoms with van der Waals surface area (Å²) in [5.41, 5.74) is 3.28. The van der Waals surface area contributed by atoms with Crippen LogP contribution in [-0.2, 0) is 27.7 Å². The van der Waals surface area contributed by atoms with Crippen LogP contribution in [0.15, 0.2) is 27.5 Å². The van der Waals surface area contributed by atoms with E-state index in [2.05, 4.69) is 4.72 Å². The lowest BCUT2D eigenvalue weighted by molar-refractivity contribution is -0.131. The fraction of sp³-hybridized carbons (Fsp3) is 0.500. The van der Waals surface area contributed by atoms with Crippen molar-refractivity contribution in [3.63, 3.8) is 0 Å². The Morgan fingerprint density at radius 1 is 1.19 bits per heavy atom. The first-order chi connectivity index (χ1) is 12.3. The van der Waals surface area contributed by atoms with E-state index in [1.165, 1.54) is 11.5 Å². The quantitative estimate of drug-likeness (QED) is 0.420. The molecule has 26 heavy (non-hydrogen) atoms. The molecule has 0 radical (unpaired) electrons. The zero-order valence-corrected chi connectivity index (χ0v) is 15.7. The molecule has 3 N–H and O–H groups in total. The summed E-state index contributed by atoms with van der Waals surface area (Å²) in [4.78, 5) is 11.8. The molecule has 7 nitrogen and oxygen atoms in total. The monoisotopic (exact) mass is 380 g/mol. The van der Waals surface area contributed by atoms with Crippen molar-refractivity contribution in [1.82, 2.24) is 10.2 Å². The van der Waals surface area contributed by atoms with Crippen LogP contribution in [0.25, 0.3) is 11.0 Å². The second kappa shape index (κ2) is 7.38. The van der Waals surface area contributed by atoms with E-state index >= 15 is 0 Å². The average Bonchev–Trinajstić information content (AvgIpc) is 2.79. The number of carbonyl (C=O) groups is 1. The van der Waals surface area contributed by atoms with Crippen LogP contribution in [0.1, 0.15) is 44.4 Å². The van der Waals surface area contributed by atoms with E-state index in [1.807, 2.05) is 0 Å². The standard InChI is InChI=1S/C18H24N2O5S/c1-11(2)17(18(21)19-22)20-26(23,24)12-8-9-16-14(10-12)13-6-4-3-5-7-15(13)25-16/h8-11,17,20,22H,3-7H2,1-2H3,(H,19,21)/t17-/m0/s1. The maximum atomic E-state index is 12.8. The third kappa shape index (κ3) is 3.62. The van der Waals surface area contributed by atoms with Crippen LogP contribution in [0, 0.1) is 5.92 Å². The largest absolute Gasteiger partial charge is 0.461 e. The minimum Gasteiger partial charge on any atom is -0.461 e. The van der Waals surface area contributed by atoms with Gasteiger partial charge in [0.25, 0.3) is 5.91 Å². The third-order valence-electron chi connectivity index (χ3n) is 4.83. The van der Waals surface area contributed by atoms with Crippen molar-refractivity contribution in [3.8, 4) is 0 Å². The highest BCUT2D eigenvalue weighted by molar-refractivity contribution is 7.89. The van der Waals surface area contributed by atoms with E-state index in [4.69, 9.17) is 9.62 Å². The van der Waals surface area contributed by atoms with Crippen molar-refractivity contribution >= 4 is 26.9 Å². The van der Waals surface area contributed by atoms with Crippen molar-refractivity contribution in [2.45, 2.75) is 56.9 Å². The molecular weight excluding hydrogens is 356 g/mol. The topological polar surface area (TPSA) is 109 Å². The molecule has 1 aliphatic rings. The smallest absolute Gasteiger partial charge is 0.261 e. The highest BCUT2D eigenvalue weighted by atomic mass is 32.2. The molecule has 0 unspecified atom stereocenters. The maximum absolute atomic E-state index is 12.8. The Hall–Kier alpha value is -1.90. The van der Waals surface area contributed by atoms with Crippen LogP contribution in [0.3, 0.4) is 0 Å². The van der Waals surface area contributed by atoms with Crippen molar-refractivity contribution in [2.24, 2.45) is 5.92 Å². The fourth-order valence-corrected chi connectivity index (χ4v) is 4.75. The number of amides is 1. The number of rotatable bonds is 5. The van der Waals surface area contributed by atoms with Gasteiger partial charge in [-0.2, -0.15) is 4.72 Å². The Bertz CT molecular complexity index is 917. The van der Waals surface area contributed by atoms with Crippen LogP contribution < -0.4 is 10.2 Å². The van der Waals surface area contributed by atoms with E-state index in [0.29, 0.717) is 5.58 Å². The second-order valence-corrected chi connectivity index (χ2v) is 8.76. The Morgan fingerprint density at radius 3 is 2.62 bits per heavy atom. The number of hydrogen-bond acceptors (Lipinski definition) is 5. The van der Waals surface area contributed by atoms with E-state index < -0.39 is 22.0 Å². The summed E-state index contributed by atoms with van der Waals surface area (Å²) >= 11 is 0. The lowest BCUT2D eigenvalue weighted by Crippen LogP contribution is -2.48. The minimum atomic E-state index is -3.93. The number of carbonyl (C=O) groups excluding carboxylic acids is 1. The predicted octanol–water partition coefficient (Wildman–Crippen LogP) is 2.51. The van der Waals surface area contributed by atoms with Gasteiger partial charge in [-0.25, -0.2) is 13.9 Å². The lowest BCUT2D eigenvalue weighted by atomic mass is 10.1. The first kappa shape index (κ1) is 18.9. The fourth-order valence-electron chi connectivity index (χ4n) is 3.38. The Morgan fingerprint density at radius 2 is 1.92 bits per heavy atom. The summed E-state index contributed by atoms with van der Waals surface area (Å²) in [6.45, 7) is 3.39. The SMILES string of the molecule is CC(C)[C@H](NS(=O)(=O)c1ccc2oc3c(c2c1)CCCCC3)C(=O)NO. The normalized spacial score (nSPS) is 16.3. The molecule has 1 atom stereocenters. The van der Waals surface area contributed by atoms with Crippen LogP contribution in [0.4, 0.5) is 0 Å². The molecule has 0 saturated heterocycles. The Kier molecular flexibility index (Phi) is 5.36. The molecule has 1 aliphatic carbocycles. The van der Waals surface area contributed by atoms with Crippen molar-refractivity contribution in [1.29, 1.82) is 0 Å². The predicted molar refractivity (Wildman–Crippen MR) is 96.3 cm³/mol. The molecule has 8 heteroatoms. The third-order valence-corrected chi connectivity index (χ3v) is 6.27. The summed E-state index contributed by atoms with van der Waals surface area (Å²) in [6, 6.07) is 3.68. The van der Waals surface area contributed by atoms with Gasteiger partial charge >= 0.3 is 0 Å². The summed E-state index contributed by atoms with van der Waals surface area (Å²) in [6.07, 6.45) is 5.02. The lowest BCUT2D eigenvalue weighted by Gasteiger charge is -2.20. The number of furan rings is 1. The zero-order chi connectivity index (χ0) is 18.9. The highest BCUT2D eigenvalue weighted by Crippen LogP contribution is 2.32. The summed E-state index contributed by atoms with van der Waals surface area (Å²) in [7, 11) is -3.93. The van der Waals surface area contributed by atoms with Gasteiger partial charge in [0, 0.05) is 17.4 Å². The number of aryl methyl sites for hydroxylation is 2. The van der Waals surface area contributed by atoms with Gasteiger partial charge in [-0.3, -0.25) is 10.0 Å². The summed E-state index contributed by atoms with van der Waals surface area (Å²) in [5, 5.41) is 9.66. The molecule has 3 rings (SSSR count). The summed E-state index contributed by atoms with van der Waals surface area (Å²) in [5.74, 6) is -0.174. The van der Waals surface area contributed by atoms with Gasteiger partial charge in [0.1, 0.15) is 17.4 Å². The van der Waals surface area contributed by atoms with Gasteiger partial charge in [-0.1, -0.05) is 20.3 Å². The molecule has 0 bridgehead atoms. The molecule has 0 fully saturated rings. The van der Waals surface area contributed by atoms with Crippen molar-refractivity contribution in [3.05, 3.63) is 29.5 Å². The molecule has 0 saturated carbocycles. The van der Waals surface area contributed by atoms with Crippen LogP contribution in [0.5, 0.6) is 0 Å². The molecular formula is C18H24N2O5S. The van der Waals surface area contributed by atoms with Gasteiger partial charge in [-0.05, 0) is 43.4 Å². The maximum Gasteiger partial charge on any atom is 0.261 e. The van der Waals surface area contributed by atoms with Crippen LogP contribution in [0.2, 0.25) is 0 Å². The second-order valence-electron chi connectivity index (χ2n) is 7.04. The molecule has 1 amide bonds. The number of benzene rings is 1. The number of hydrogen-bond donors (Lipinski definition) is 3. The zero-order valence-electron chi connectivity index (χ0n) is 14.9. The minimum absolute atomic E-state index is 0.0780. The van der Waals surface area contributed by atoms with Crippen molar-refractivity contribution in [2.75, 3.05) is 0 Å². The number of hydroxylamine groups is 1. The molecule has 0 spiro atoms. The van der Waals surface area contributed by atoms with Gasteiger partial charge in [-0.15, -0.1) is 0 Å². The van der Waals surface area contributed by atoms with Gasteiger partial charge in [0.05, 0.1) is 4.90 Å². The molecule has 142 valence electrons. The van der Waals surface area contributed by atoms with Crippen LogP contribution in [-0.4, -0.2) is 25.6 Å². The Balaban J connectivity index is 1.98. The molecule has 0 aliphatic heterocycles. The van der Waals surface area contributed by atoms with Gasteiger partial charge in [0.15, 0.2) is 0 Å². The first-order valence-electron chi connectivity index (χ1n) is 8.84. The molecule has 1 aromatic heterocycles. The Labute approximate surface area is 152 Å².